The van der Waals surface area contributed by atoms with Gasteiger partial charge in [0.2, 0.25) is 0 Å². The van der Waals surface area contributed by atoms with Crippen LogP contribution in [0.15, 0.2) is 35.8 Å². The molecule has 0 bridgehead atoms. The van der Waals surface area contributed by atoms with Crippen LogP contribution in [0.4, 0.5) is 11.5 Å². The van der Waals surface area contributed by atoms with Gasteiger partial charge in [-0.3, -0.25) is 0 Å². The zero-order valence-electron chi connectivity index (χ0n) is 9.92. The Hall–Kier alpha value is -1.59. The molecule has 0 aromatic carbocycles. The van der Waals surface area contributed by atoms with E-state index in [-0.39, 0.29) is 0 Å². The Morgan fingerprint density at radius 1 is 1.47 bits per heavy atom. The number of aromatic nitrogens is 1. The van der Waals surface area contributed by atoms with E-state index in [1.165, 1.54) is 4.88 Å². The summed E-state index contributed by atoms with van der Waals surface area (Å²) in [6.07, 6.45) is 1.75. The molecular formula is C12H16N4S. The summed E-state index contributed by atoms with van der Waals surface area (Å²) in [6.45, 7) is 2.18. The molecule has 2 aromatic rings. The molecule has 0 saturated heterocycles. The topological polar surface area (TPSA) is 54.2 Å². The van der Waals surface area contributed by atoms with Crippen molar-refractivity contribution in [2.45, 2.75) is 13.0 Å². The van der Waals surface area contributed by atoms with Crippen molar-refractivity contribution >= 4 is 22.8 Å². The average molecular weight is 248 g/mol. The molecule has 2 heterocycles. The maximum Gasteiger partial charge on any atom is 0.141 e. The van der Waals surface area contributed by atoms with E-state index in [0.717, 1.165) is 5.69 Å². The fraction of sp³-hybridized carbons (Fsp3) is 0.250. The van der Waals surface area contributed by atoms with Crippen molar-refractivity contribution in [2.75, 3.05) is 17.4 Å². The molecule has 0 saturated carbocycles. The zero-order chi connectivity index (χ0) is 12.3. The van der Waals surface area contributed by atoms with Crippen LogP contribution in [0.25, 0.3) is 0 Å². The Labute approximate surface area is 105 Å². The van der Waals surface area contributed by atoms with Crippen molar-refractivity contribution in [3.05, 3.63) is 40.7 Å². The van der Waals surface area contributed by atoms with Crippen molar-refractivity contribution in [2.24, 2.45) is 5.84 Å². The van der Waals surface area contributed by atoms with Crippen LogP contribution < -0.4 is 16.2 Å². The highest BCUT2D eigenvalue weighted by molar-refractivity contribution is 7.10. The Morgan fingerprint density at radius 2 is 2.29 bits per heavy atom. The maximum atomic E-state index is 5.36. The highest BCUT2D eigenvalue weighted by Crippen LogP contribution is 2.28. The van der Waals surface area contributed by atoms with E-state index in [1.54, 1.807) is 17.5 Å². The van der Waals surface area contributed by atoms with Crippen molar-refractivity contribution in [3.8, 4) is 0 Å². The third-order valence-corrected chi connectivity index (χ3v) is 3.88. The highest BCUT2D eigenvalue weighted by atomic mass is 32.1. The number of anilines is 2. The summed E-state index contributed by atoms with van der Waals surface area (Å²) in [5.41, 5.74) is 3.65. The number of nitrogens with one attached hydrogen (secondary N) is 1. The summed E-state index contributed by atoms with van der Waals surface area (Å²) in [4.78, 5) is 7.64. The number of hydrogen-bond acceptors (Lipinski definition) is 5. The van der Waals surface area contributed by atoms with Crippen LogP contribution in [0, 0.1) is 0 Å². The van der Waals surface area contributed by atoms with E-state index in [9.17, 15) is 0 Å². The van der Waals surface area contributed by atoms with Gasteiger partial charge in [0.05, 0.1) is 6.04 Å². The molecule has 0 fully saturated rings. The monoisotopic (exact) mass is 248 g/mol. The van der Waals surface area contributed by atoms with Crippen molar-refractivity contribution in [1.29, 1.82) is 0 Å². The van der Waals surface area contributed by atoms with Gasteiger partial charge >= 0.3 is 0 Å². The normalized spacial score (nSPS) is 12.2. The minimum atomic E-state index is 0.336. The first-order chi connectivity index (χ1) is 8.22. The SMILES string of the molecule is CC(c1cccs1)N(C)c1ccnc(NN)c1. The molecule has 3 N–H and O–H groups in total. The van der Waals surface area contributed by atoms with E-state index < -0.39 is 0 Å². The Morgan fingerprint density at radius 3 is 2.94 bits per heavy atom. The van der Waals surface area contributed by atoms with Crippen LogP contribution in [-0.2, 0) is 0 Å². The van der Waals surface area contributed by atoms with Gasteiger partial charge in [0.1, 0.15) is 5.82 Å². The molecule has 1 atom stereocenters. The first kappa shape index (κ1) is 11.9. The largest absolute Gasteiger partial charge is 0.367 e. The summed E-state index contributed by atoms with van der Waals surface area (Å²) >= 11 is 1.77. The molecule has 17 heavy (non-hydrogen) atoms. The number of hydrogen-bond donors (Lipinski definition) is 2. The fourth-order valence-electron chi connectivity index (χ4n) is 1.66. The Balaban J connectivity index is 2.21. The molecule has 1 unspecified atom stereocenters. The third kappa shape index (κ3) is 2.57. The van der Waals surface area contributed by atoms with Gasteiger partial charge in [-0.1, -0.05) is 6.07 Å². The highest BCUT2D eigenvalue weighted by Gasteiger charge is 2.13. The summed E-state index contributed by atoms with van der Waals surface area (Å²) in [5.74, 6) is 6.03. The first-order valence-electron chi connectivity index (χ1n) is 5.41. The number of nitrogen functional groups attached to an aromatic ring is 1. The molecule has 0 aliphatic carbocycles. The van der Waals surface area contributed by atoms with Crippen LogP contribution in [0.2, 0.25) is 0 Å². The van der Waals surface area contributed by atoms with Gasteiger partial charge in [0.15, 0.2) is 0 Å². The van der Waals surface area contributed by atoms with Gasteiger partial charge in [0.25, 0.3) is 0 Å². The smallest absolute Gasteiger partial charge is 0.141 e. The lowest BCUT2D eigenvalue weighted by Gasteiger charge is -2.26. The molecule has 4 nitrogen and oxygen atoms in total. The lowest BCUT2D eigenvalue weighted by atomic mass is 10.2. The maximum absolute atomic E-state index is 5.36. The van der Waals surface area contributed by atoms with E-state index in [0.29, 0.717) is 11.9 Å². The molecule has 5 heteroatoms. The molecule has 0 aliphatic rings. The fourth-order valence-corrected chi connectivity index (χ4v) is 2.49. The minimum absolute atomic E-state index is 0.336. The molecule has 0 aliphatic heterocycles. The van der Waals surface area contributed by atoms with Gasteiger partial charge in [-0.2, -0.15) is 0 Å². The molecule has 90 valence electrons. The zero-order valence-corrected chi connectivity index (χ0v) is 10.7. The number of nitrogens with two attached hydrogens (primary N) is 1. The number of hydrazine groups is 1. The van der Waals surface area contributed by atoms with Gasteiger partial charge in [-0.05, 0) is 24.4 Å². The number of rotatable bonds is 4. The predicted molar refractivity (Wildman–Crippen MR) is 73.2 cm³/mol. The second-order valence-electron chi connectivity index (χ2n) is 3.85. The molecule has 0 amide bonds. The summed E-state index contributed by atoms with van der Waals surface area (Å²) in [6, 6.07) is 8.47. The summed E-state index contributed by atoms with van der Waals surface area (Å²) in [5, 5.41) is 2.10. The standard InChI is InChI=1S/C12H16N4S/c1-9(11-4-3-7-17-11)16(2)10-5-6-14-12(8-10)15-13/h3-9H,13H2,1-2H3,(H,14,15). The van der Waals surface area contributed by atoms with Crippen LogP contribution in [0.3, 0.4) is 0 Å². The second-order valence-corrected chi connectivity index (χ2v) is 4.83. The molecular weight excluding hydrogens is 232 g/mol. The lowest BCUT2D eigenvalue weighted by Crippen LogP contribution is -2.21. The van der Waals surface area contributed by atoms with Crippen LogP contribution in [0.5, 0.6) is 0 Å². The van der Waals surface area contributed by atoms with Gasteiger partial charge in [-0.25, -0.2) is 10.8 Å². The van der Waals surface area contributed by atoms with E-state index in [4.69, 9.17) is 5.84 Å². The van der Waals surface area contributed by atoms with Crippen molar-refractivity contribution in [1.82, 2.24) is 4.98 Å². The van der Waals surface area contributed by atoms with Crippen molar-refractivity contribution in [3.63, 3.8) is 0 Å². The number of pyridine rings is 1. The predicted octanol–water partition coefficient (Wildman–Crippen LogP) is 2.63. The minimum Gasteiger partial charge on any atom is -0.367 e. The van der Waals surface area contributed by atoms with Gasteiger partial charge < -0.3 is 10.3 Å². The number of thiophene rings is 1. The Bertz CT molecular complexity index is 469. The third-order valence-electron chi connectivity index (χ3n) is 2.83. The summed E-state index contributed by atoms with van der Waals surface area (Å²) in [7, 11) is 2.07. The average Bonchev–Trinajstić information content (AvgIpc) is 2.91. The summed E-state index contributed by atoms with van der Waals surface area (Å²) < 4.78 is 0. The molecule has 0 spiro atoms. The lowest BCUT2D eigenvalue weighted by molar-refractivity contribution is 0.753. The van der Waals surface area contributed by atoms with E-state index in [2.05, 4.69) is 46.8 Å². The van der Waals surface area contributed by atoms with Gasteiger partial charge in [-0.15, -0.1) is 11.3 Å². The van der Waals surface area contributed by atoms with Crippen LogP contribution in [-0.4, -0.2) is 12.0 Å². The number of nitrogens with zero attached hydrogens (tertiary/aromatic N) is 2. The first-order valence-corrected chi connectivity index (χ1v) is 6.29. The Kier molecular flexibility index (Phi) is 3.61. The molecule has 2 aromatic heterocycles. The second kappa shape index (κ2) is 5.16. The quantitative estimate of drug-likeness (QED) is 0.645. The van der Waals surface area contributed by atoms with Crippen LogP contribution >= 0.6 is 11.3 Å². The van der Waals surface area contributed by atoms with Crippen LogP contribution in [0.1, 0.15) is 17.8 Å². The molecule has 2 rings (SSSR count). The van der Waals surface area contributed by atoms with E-state index in [1.807, 2.05) is 12.1 Å². The van der Waals surface area contributed by atoms with E-state index >= 15 is 0 Å². The molecule has 0 radical (unpaired) electrons. The van der Waals surface area contributed by atoms with Crippen molar-refractivity contribution < 1.29 is 0 Å². The van der Waals surface area contributed by atoms with Gasteiger partial charge in [0, 0.05) is 29.9 Å².